The molecule has 0 amide bonds. The van der Waals surface area contributed by atoms with Crippen molar-refractivity contribution in [2.24, 2.45) is 11.8 Å². The quantitative estimate of drug-likeness (QED) is 0.830. The minimum absolute atomic E-state index is 0.810. The Hall–Kier alpha value is -0.820. The zero-order valence-electron chi connectivity index (χ0n) is 15.2. The van der Waals surface area contributed by atoms with E-state index in [0.29, 0.717) is 0 Å². The van der Waals surface area contributed by atoms with Crippen LogP contribution in [-0.4, -0.2) is 13.1 Å². The fourth-order valence-corrected chi connectivity index (χ4v) is 4.02. The minimum atomic E-state index is 0.810. The van der Waals surface area contributed by atoms with Gasteiger partial charge < -0.3 is 5.32 Å². The Balaban J connectivity index is 2.30. The molecule has 0 aliphatic carbocycles. The molecule has 0 bridgehead atoms. The van der Waals surface area contributed by atoms with Crippen molar-refractivity contribution in [2.45, 2.75) is 72.6 Å². The lowest BCUT2D eigenvalue weighted by molar-refractivity contribution is 0.369. The first-order valence-corrected chi connectivity index (χ1v) is 9.48. The topological polar surface area (TPSA) is 12.0 Å². The van der Waals surface area contributed by atoms with E-state index in [1.165, 1.54) is 51.5 Å². The van der Waals surface area contributed by atoms with E-state index in [1.54, 1.807) is 22.3 Å². The molecule has 1 aliphatic rings. The van der Waals surface area contributed by atoms with Crippen LogP contribution in [0.15, 0.2) is 12.1 Å². The lowest BCUT2D eigenvalue weighted by Crippen LogP contribution is -2.22. The molecule has 1 aromatic carbocycles. The number of aryl methyl sites for hydroxylation is 2. The van der Waals surface area contributed by atoms with Crippen molar-refractivity contribution < 1.29 is 0 Å². The van der Waals surface area contributed by atoms with Crippen LogP contribution >= 0.6 is 0 Å². The van der Waals surface area contributed by atoms with Crippen LogP contribution in [0.2, 0.25) is 0 Å². The molecular weight excluding hydrogens is 266 g/mol. The summed E-state index contributed by atoms with van der Waals surface area (Å²) in [5, 5.41) is 3.64. The number of benzene rings is 1. The van der Waals surface area contributed by atoms with Crippen LogP contribution in [0.4, 0.5) is 0 Å². The number of rotatable bonds is 4. The molecule has 1 aliphatic heterocycles. The average Bonchev–Trinajstić information content (AvgIpc) is 2.50. The molecule has 1 aromatic rings. The molecule has 0 saturated carbocycles. The summed E-state index contributed by atoms with van der Waals surface area (Å²) in [6, 6.07) is 5.06. The first-order valence-electron chi connectivity index (χ1n) is 9.48. The molecule has 1 atom stereocenters. The van der Waals surface area contributed by atoms with Gasteiger partial charge in [0, 0.05) is 0 Å². The van der Waals surface area contributed by atoms with Crippen LogP contribution in [-0.2, 0) is 25.7 Å². The Morgan fingerprint density at radius 1 is 1.05 bits per heavy atom. The van der Waals surface area contributed by atoms with Gasteiger partial charge in [-0.1, -0.05) is 39.8 Å². The third-order valence-electron chi connectivity index (χ3n) is 5.13. The molecule has 2 rings (SSSR count). The van der Waals surface area contributed by atoms with Crippen molar-refractivity contribution in [1.82, 2.24) is 5.32 Å². The highest BCUT2D eigenvalue weighted by atomic mass is 14.8. The van der Waals surface area contributed by atoms with Gasteiger partial charge in [-0.15, -0.1) is 0 Å². The van der Waals surface area contributed by atoms with Crippen molar-refractivity contribution in [2.75, 3.05) is 13.1 Å². The van der Waals surface area contributed by atoms with Gasteiger partial charge in [-0.25, -0.2) is 0 Å². The van der Waals surface area contributed by atoms with E-state index in [-0.39, 0.29) is 0 Å². The van der Waals surface area contributed by atoms with Crippen LogP contribution in [0.3, 0.4) is 0 Å². The Kier molecular flexibility index (Phi) is 6.95. The normalized spacial score (nSPS) is 20.0. The maximum Gasteiger partial charge on any atom is -0.000825 e. The smallest absolute Gasteiger partial charge is 0.000825 e. The van der Waals surface area contributed by atoms with Gasteiger partial charge in [0.1, 0.15) is 0 Å². The predicted molar refractivity (Wildman–Crippen MR) is 97.7 cm³/mol. The predicted octanol–water partition coefficient (Wildman–Crippen LogP) is 4.94. The fourth-order valence-electron chi connectivity index (χ4n) is 4.02. The summed E-state index contributed by atoms with van der Waals surface area (Å²) in [6.07, 6.45) is 8.91. The standard InChI is InChI=1S/C21H35N/c1-5-18-14-20-9-11-22-10-7-8-17(12-16(3)4)13-21(20)15-19(18)6-2/h14-17,22H,5-13H2,1-4H3. The molecule has 0 saturated heterocycles. The van der Waals surface area contributed by atoms with E-state index in [0.717, 1.165) is 18.4 Å². The molecule has 0 aromatic heterocycles. The molecule has 1 heterocycles. The first-order chi connectivity index (χ1) is 10.6. The number of hydrogen-bond acceptors (Lipinski definition) is 1. The lowest BCUT2D eigenvalue weighted by atomic mass is 9.83. The molecule has 0 spiro atoms. The molecule has 1 nitrogen and oxygen atoms in total. The van der Waals surface area contributed by atoms with Crippen LogP contribution in [0, 0.1) is 11.8 Å². The zero-order chi connectivity index (χ0) is 15.9. The van der Waals surface area contributed by atoms with Gasteiger partial charge in [-0.05, 0) is 92.1 Å². The maximum atomic E-state index is 3.64. The SMILES string of the molecule is CCc1cc2c(cc1CC)CC(CC(C)C)CCCNCC2. The molecule has 1 N–H and O–H groups in total. The molecule has 0 fully saturated rings. The summed E-state index contributed by atoms with van der Waals surface area (Å²) in [4.78, 5) is 0. The molecule has 1 heteroatoms. The molecule has 124 valence electrons. The monoisotopic (exact) mass is 301 g/mol. The highest BCUT2D eigenvalue weighted by molar-refractivity contribution is 5.39. The third kappa shape index (κ3) is 4.84. The zero-order valence-corrected chi connectivity index (χ0v) is 15.2. The van der Waals surface area contributed by atoms with Gasteiger partial charge in [0.25, 0.3) is 0 Å². The lowest BCUT2D eigenvalue weighted by Gasteiger charge is -2.24. The van der Waals surface area contributed by atoms with Gasteiger partial charge in [-0.3, -0.25) is 0 Å². The minimum Gasteiger partial charge on any atom is -0.316 e. The Bertz CT molecular complexity index is 461. The summed E-state index contributed by atoms with van der Waals surface area (Å²) in [7, 11) is 0. The van der Waals surface area contributed by atoms with Crippen molar-refractivity contribution in [1.29, 1.82) is 0 Å². The van der Waals surface area contributed by atoms with E-state index < -0.39 is 0 Å². The van der Waals surface area contributed by atoms with E-state index >= 15 is 0 Å². The Morgan fingerprint density at radius 2 is 1.73 bits per heavy atom. The number of fused-ring (bicyclic) bond motifs is 1. The van der Waals surface area contributed by atoms with Crippen LogP contribution in [0.25, 0.3) is 0 Å². The number of nitrogens with one attached hydrogen (secondary N) is 1. The third-order valence-corrected chi connectivity index (χ3v) is 5.13. The van der Waals surface area contributed by atoms with Crippen LogP contribution < -0.4 is 5.32 Å². The van der Waals surface area contributed by atoms with Gasteiger partial charge >= 0.3 is 0 Å². The molecule has 0 radical (unpaired) electrons. The summed E-state index contributed by atoms with van der Waals surface area (Å²) >= 11 is 0. The van der Waals surface area contributed by atoms with Gasteiger partial charge in [0.05, 0.1) is 0 Å². The van der Waals surface area contributed by atoms with Crippen molar-refractivity contribution in [3.63, 3.8) is 0 Å². The Labute approximate surface area is 137 Å². The van der Waals surface area contributed by atoms with Gasteiger partial charge in [0.15, 0.2) is 0 Å². The second-order valence-corrected chi connectivity index (χ2v) is 7.44. The van der Waals surface area contributed by atoms with Crippen LogP contribution in [0.1, 0.15) is 69.2 Å². The highest BCUT2D eigenvalue weighted by Gasteiger charge is 2.16. The maximum absolute atomic E-state index is 3.64. The highest BCUT2D eigenvalue weighted by Crippen LogP contribution is 2.27. The fraction of sp³-hybridized carbons (Fsp3) is 0.714. The summed E-state index contributed by atoms with van der Waals surface area (Å²) in [5.74, 6) is 1.67. The first kappa shape index (κ1) is 17.5. The van der Waals surface area contributed by atoms with Gasteiger partial charge in [-0.2, -0.15) is 0 Å². The van der Waals surface area contributed by atoms with Crippen molar-refractivity contribution in [3.8, 4) is 0 Å². The second kappa shape index (κ2) is 8.72. The van der Waals surface area contributed by atoms with E-state index in [2.05, 4.69) is 45.1 Å². The average molecular weight is 302 g/mol. The largest absolute Gasteiger partial charge is 0.316 e. The van der Waals surface area contributed by atoms with Gasteiger partial charge in [0.2, 0.25) is 0 Å². The second-order valence-electron chi connectivity index (χ2n) is 7.44. The van der Waals surface area contributed by atoms with E-state index in [1.807, 2.05) is 0 Å². The van der Waals surface area contributed by atoms with Crippen molar-refractivity contribution in [3.05, 3.63) is 34.4 Å². The summed E-state index contributed by atoms with van der Waals surface area (Å²) in [6.45, 7) is 11.7. The van der Waals surface area contributed by atoms with E-state index in [9.17, 15) is 0 Å². The van der Waals surface area contributed by atoms with Crippen molar-refractivity contribution >= 4 is 0 Å². The molecule has 1 unspecified atom stereocenters. The molecule has 22 heavy (non-hydrogen) atoms. The van der Waals surface area contributed by atoms with E-state index in [4.69, 9.17) is 0 Å². The molecular formula is C21H35N. The summed E-state index contributed by atoms with van der Waals surface area (Å²) in [5.41, 5.74) is 6.40. The number of hydrogen-bond donors (Lipinski definition) is 1. The Morgan fingerprint density at radius 3 is 2.36 bits per heavy atom. The van der Waals surface area contributed by atoms with Crippen LogP contribution in [0.5, 0.6) is 0 Å². The summed E-state index contributed by atoms with van der Waals surface area (Å²) < 4.78 is 0.